The van der Waals surface area contributed by atoms with E-state index in [0.717, 1.165) is 38.3 Å². The lowest BCUT2D eigenvalue weighted by Gasteiger charge is -2.48. The van der Waals surface area contributed by atoms with Gasteiger partial charge in [0.05, 0.1) is 0 Å². The number of ether oxygens (including phenoxy) is 5. The Labute approximate surface area is 257 Å². The highest BCUT2D eigenvalue weighted by atomic mass is 32.1. The van der Waals surface area contributed by atoms with Crippen LogP contribution in [0.5, 0.6) is 0 Å². The van der Waals surface area contributed by atoms with Crippen LogP contribution in [0.2, 0.25) is 0 Å². The highest BCUT2D eigenvalue weighted by molar-refractivity contribution is 7.77. The van der Waals surface area contributed by atoms with Gasteiger partial charge in [-0.3, -0.25) is 38.9 Å². The van der Waals surface area contributed by atoms with Crippen molar-refractivity contribution in [2.24, 2.45) is 0 Å². The monoisotopic (exact) mass is 635 g/mol. The van der Waals surface area contributed by atoms with Gasteiger partial charge in [0.25, 0.3) is 0 Å². The molecule has 1 fully saturated rings. The summed E-state index contributed by atoms with van der Waals surface area (Å²) in [5.74, 6) is -3.22. The first-order valence-corrected chi connectivity index (χ1v) is 13.7. The van der Waals surface area contributed by atoms with E-state index < -0.39 is 66.3 Å². The average molecular weight is 636 g/mol. The van der Waals surface area contributed by atoms with Crippen molar-refractivity contribution in [2.45, 2.75) is 78.1 Å². The summed E-state index contributed by atoms with van der Waals surface area (Å²) in [5.41, 5.74) is 4.08. The van der Waals surface area contributed by atoms with Gasteiger partial charge in [0.1, 0.15) is 12.7 Å². The summed E-state index contributed by atoms with van der Waals surface area (Å²) in [7, 11) is 0. The molecule has 1 aromatic heterocycles. The number of rotatable bonds is 11. The number of hydrogen-bond acceptors (Lipinski definition) is 15. The first-order valence-electron chi connectivity index (χ1n) is 13.3. The fourth-order valence-electron chi connectivity index (χ4n) is 4.39. The molecule has 44 heavy (non-hydrogen) atoms. The second kappa shape index (κ2) is 14.7. The number of hydrazine groups is 1. The van der Waals surface area contributed by atoms with E-state index in [1.807, 2.05) is 26.0 Å². The maximum atomic E-state index is 12.2. The third kappa shape index (κ3) is 8.25. The zero-order valence-corrected chi connectivity index (χ0v) is 25.6. The van der Waals surface area contributed by atoms with E-state index in [1.54, 1.807) is 12.1 Å². The number of carbonyl (C=O) groups excluding carboxylic acids is 5. The summed E-state index contributed by atoms with van der Waals surface area (Å²) < 4.78 is 33.9. The molecule has 0 aliphatic carbocycles. The molecule has 0 radical (unpaired) electrons. The van der Waals surface area contributed by atoms with Crippen LogP contribution in [0.15, 0.2) is 28.8 Å². The largest absolute Gasteiger partial charge is 0.741 e. The predicted octanol–water partition coefficient (Wildman–Crippen LogP) is 1.08. The number of esters is 4. The summed E-state index contributed by atoms with van der Waals surface area (Å²) in [6.07, 6.45) is -6.99. The average Bonchev–Trinajstić information content (AvgIpc) is 3.34. The Balaban J connectivity index is 2.08. The van der Waals surface area contributed by atoms with Crippen molar-refractivity contribution in [1.29, 1.82) is 5.41 Å². The van der Waals surface area contributed by atoms with Gasteiger partial charge in [-0.2, -0.15) is 0 Å². The standard InChI is InChI=1S/C27H33N5O11S/c1-13(2)18-7-9-19(10-8-18)31-20(11-33)25(43-30-31)29-32(27(28)44)26-24(41-17(6)37)23(40-16(5)36)22(39-15(4)35)21(42-26)12-38-14(3)34/h7-11,13,21-24,26H,12H2,1-6H3,(H2-,28,29,30,33,44)/t21-,22+,23+,24-,26-/m1/s1. The maximum Gasteiger partial charge on any atom is 0.345 e. The highest BCUT2D eigenvalue weighted by Crippen LogP contribution is 2.31. The van der Waals surface area contributed by atoms with Crippen molar-refractivity contribution in [3.63, 3.8) is 0 Å². The first kappa shape index (κ1) is 33.9. The van der Waals surface area contributed by atoms with Crippen LogP contribution >= 0.6 is 0 Å². The Morgan fingerprint density at radius 3 is 2.07 bits per heavy atom. The zero-order chi connectivity index (χ0) is 32.7. The number of hydrogen-bond donors (Lipinski definition) is 2. The number of carbonyl (C=O) groups is 5. The number of aldehydes is 1. The lowest BCUT2D eigenvalue weighted by Crippen LogP contribution is -2.67. The maximum absolute atomic E-state index is 12.2. The van der Waals surface area contributed by atoms with Gasteiger partial charge in [0, 0.05) is 39.8 Å². The third-order valence-electron chi connectivity index (χ3n) is 6.25. The lowest BCUT2D eigenvalue weighted by molar-refractivity contribution is -0.671. The molecule has 1 aliphatic heterocycles. The van der Waals surface area contributed by atoms with Gasteiger partial charge in [-0.25, -0.2) is 0 Å². The summed E-state index contributed by atoms with van der Waals surface area (Å²) in [6, 6.07) is 7.21. The molecule has 2 N–H and O–H groups in total. The molecule has 1 aromatic carbocycles. The zero-order valence-electron chi connectivity index (χ0n) is 24.8. The van der Waals surface area contributed by atoms with Crippen LogP contribution in [-0.2, 0) is 55.5 Å². The minimum Gasteiger partial charge on any atom is -0.741 e. The Bertz CT molecular complexity index is 1400. The molecule has 0 spiro atoms. The van der Waals surface area contributed by atoms with Crippen molar-refractivity contribution < 1.29 is 56.9 Å². The third-order valence-corrected chi connectivity index (χ3v) is 6.45. The second-order valence-electron chi connectivity index (χ2n) is 9.94. The molecule has 3 rings (SSSR count). The van der Waals surface area contributed by atoms with Gasteiger partial charge in [-0.15, -0.1) is 0 Å². The second-order valence-corrected chi connectivity index (χ2v) is 10.3. The normalized spacial score (nSPS) is 21.1. The van der Waals surface area contributed by atoms with Crippen LogP contribution in [0.4, 0.5) is 5.88 Å². The topological polar surface area (TPSA) is 201 Å². The molecule has 0 saturated carbocycles. The Morgan fingerprint density at radius 2 is 1.57 bits per heavy atom. The van der Waals surface area contributed by atoms with Gasteiger partial charge in [-0.05, 0) is 21.3 Å². The molecule has 0 unspecified atom stereocenters. The fraction of sp³-hybridized carbons (Fsp3) is 0.481. The molecule has 238 valence electrons. The fourth-order valence-corrected chi connectivity index (χ4v) is 4.54. The number of nitrogens with one attached hydrogen (secondary N) is 2. The van der Waals surface area contributed by atoms with Gasteiger partial charge in [-0.1, -0.05) is 26.0 Å². The Hall–Kier alpha value is -4.64. The van der Waals surface area contributed by atoms with E-state index in [9.17, 15) is 24.0 Å². The van der Waals surface area contributed by atoms with Gasteiger partial charge >= 0.3 is 35.5 Å². The van der Waals surface area contributed by atoms with Crippen molar-refractivity contribution in [1.82, 2.24) is 10.3 Å². The van der Waals surface area contributed by atoms with Crippen LogP contribution in [-0.4, -0.2) is 82.9 Å². The molecule has 2 aromatic rings. The molecular formula is C27H33N5O11S. The molecule has 2 heterocycles. The SMILES string of the molecule is CC(=O)OC[C@H]1O[C@@H](N(Nc2on[n+](-c3ccc(C(C)C)cc3)c2C=O)C(=N)[S-])[C@H](OC(C)=O)[C@@H](OC(C)=O)[C@H]1OC(C)=O. The molecule has 5 atom stereocenters. The van der Waals surface area contributed by atoms with E-state index in [2.05, 4.69) is 10.7 Å². The smallest absolute Gasteiger partial charge is 0.345 e. The summed E-state index contributed by atoms with van der Waals surface area (Å²) >= 11 is 5.13. The Kier molecular flexibility index (Phi) is 11.3. The van der Waals surface area contributed by atoms with Gasteiger partial charge < -0.3 is 41.7 Å². The van der Waals surface area contributed by atoms with E-state index in [1.165, 1.54) is 4.68 Å². The van der Waals surface area contributed by atoms with E-state index in [4.69, 9.17) is 46.2 Å². The van der Waals surface area contributed by atoms with Gasteiger partial charge in [0.15, 0.2) is 24.5 Å². The van der Waals surface area contributed by atoms with Crippen LogP contribution in [0.3, 0.4) is 0 Å². The summed E-state index contributed by atoms with van der Waals surface area (Å²) in [6.45, 7) is 7.93. The molecule has 17 heteroatoms. The van der Waals surface area contributed by atoms with Crippen molar-refractivity contribution in [3.05, 3.63) is 35.5 Å². The predicted molar refractivity (Wildman–Crippen MR) is 150 cm³/mol. The first-order chi connectivity index (χ1) is 20.7. The quantitative estimate of drug-likeness (QED) is 0.0519. The summed E-state index contributed by atoms with van der Waals surface area (Å²) in [4.78, 5) is 60.2. The van der Waals surface area contributed by atoms with Crippen LogP contribution in [0.25, 0.3) is 5.69 Å². The van der Waals surface area contributed by atoms with E-state index in [-0.39, 0.29) is 17.5 Å². The van der Waals surface area contributed by atoms with Gasteiger partial charge in [0.2, 0.25) is 17.2 Å². The van der Waals surface area contributed by atoms with Crippen LogP contribution in [0, 0.1) is 5.41 Å². The van der Waals surface area contributed by atoms with Crippen molar-refractivity contribution in [2.75, 3.05) is 12.0 Å². The molecule has 1 saturated heterocycles. The lowest BCUT2D eigenvalue weighted by atomic mass is 9.97. The number of nitrogens with zero attached hydrogens (tertiary/aromatic N) is 3. The molecule has 0 bridgehead atoms. The molecule has 0 amide bonds. The summed E-state index contributed by atoms with van der Waals surface area (Å²) in [5, 5.41) is 12.4. The van der Waals surface area contributed by atoms with Crippen molar-refractivity contribution in [3.8, 4) is 5.69 Å². The molecular weight excluding hydrogens is 602 g/mol. The van der Waals surface area contributed by atoms with E-state index >= 15 is 0 Å². The molecule has 16 nitrogen and oxygen atoms in total. The van der Waals surface area contributed by atoms with Crippen LogP contribution < -0.4 is 10.1 Å². The minimum atomic E-state index is -1.59. The number of aromatic nitrogens is 2. The Morgan fingerprint density at radius 1 is 1.00 bits per heavy atom. The number of benzene rings is 1. The van der Waals surface area contributed by atoms with Crippen LogP contribution in [0.1, 0.15) is 63.5 Å². The minimum absolute atomic E-state index is 0.116. The van der Waals surface area contributed by atoms with E-state index in [0.29, 0.717) is 12.0 Å². The highest BCUT2D eigenvalue weighted by Gasteiger charge is 2.54. The molecule has 1 aliphatic rings. The van der Waals surface area contributed by atoms with Crippen molar-refractivity contribution >= 4 is 53.8 Å². The number of amidine groups is 1. The number of anilines is 1.